The van der Waals surface area contributed by atoms with Crippen LogP contribution in [0.3, 0.4) is 0 Å². The zero-order valence-corrected chi connectivity index (χ0v) is 12.0. The Kier molecular flexibility index (Phi) is 2.46. The molecule has 1 nitrogen and oxygen atoms in total. The summed E-state index contributed by atoms with van der Waals surface area (Å²) in [5.41, 5.74) is 0. The second-order valence-corrected chi connectivity index (χ2v) is 6.37. The smallest absolute Gasteiger partial charge is 0.117 e. The number of thiophene rings is 1. The number of halogens is 2. The number of aromatic hydroxyl groups is 1. The molecule has 3 rings (SSSR count). The van der Waals surface area contributed by atoms with E-state index in [-0.39, 0.29) is 0 Å². The fourth-order valence-electron chi connectivity index (χ4n) is 1.80. The molecule has 4 heteroatoms. The Labute approximate surface area is 113 Å². The Morgan fingerprint density at radius 2 is 1.81 bits per heavy atom. The van der Waals surface area contributed by atoms with Crippen LogP contribution in [-0.2, 0) is 0 Å². The van der Waals surface area contributed by atoms with E-state index in [1.165, 1.54) is 14.8 Å². The highest BCUT2D eigenvalue weighted by atomic mass is 79.9. The van der Waals surface area contributed by atoms with Gasteiger partial charge >= 0.3 is 0 Å². The zero-order valence-electron chi connectivity index (χ0n) is 8.00. The number of phenols is 1. The predicted octanol–water partition coefficient (Wildman–Crippen LogP) is 5.29. The van der Waals surface area contributed by atoms with Crippen LogP contribution in [0, 0.1) is 0 Å². The molecule has 2 aromatic carbocycles. The van der Waals surface area contributed by atoms with Crippen molar-refractivity contribution in [3.05, 3.63) is 39.3 Å². The van der Waals surface area contributed by atoms with Gasteiger partial charge in [0.1, 0.15) is 5.75 Å². The molecule has 0 aliphatic rings. The maximum atomic E-state index is 9.61. The van der Waals surface area contributed by atoms with Crippen molar-refractivity contribution in [2.45, 2.75) is 0 Å². The second-order valence-electron chi connectivity index (χ2n) is 3.55. The van der Waals surface area contributed by atoms with E-state index in [0.29, 0.717) is 5.75 Å². The van der Waals surface area contributed by atoms with Crippen LogP contribution in [0.4, 0.5) is 0 Å². The van der Waals surface area contributed by atoms with Crippen molar-refractivity contribution in [1.29, 1.82) is 0 Å². The molecule has 0 amide bonds. The number of benzene rings is 2. The van der Waals surface area contributed by atoms with Gasteiger partial charge in [-0.25, -0.2) is 0 Å². The Bertz CT molecular complexity index is 703. The molecule has 0 aliphatic heterocycles. The SMILES string of the molecule is Oc1cc(Br)c2sc3cc(Br)ccc3c2c1. The molecule has 16 heavy (non-hydrogen) atoms. The van der Waals surface area contributed by atoms with E-state index in [0.717, 1.165) is 14.3 Å². The molecule has 0 spiro atoms. The molecule has 0 bridgehead atoms. The summed E-state index contributed by atoms with van der Waals surface area (Å²) < 4.78 is 4.41. The molecule has 0 unspecified atom stereocenters. The van der Waals surface area contributed by atoms with Gasteiger partial charge in [0.2, 0.25) is 0 Å². The molecule has 0 saturated carbocycles. The van der Waals surface area contributed by atoms with Crippen molar-refractivity contribution in [2.24, 2.45) is 0 Å². The number of fused-ring (bicyclic) bond motifs is 3. The van der Waals surface area contributed by atoms with Crippen LogP contribution < -0.4 is 0 Å². The normalized spacial score (nSPS) is 11.4. The summed E-state index contributed by atoms with van der Waals surface area (Å²) in [5.74, 6) is 0.294. The lowest BCUT2D eigenvalue weighted by atomic mass is 10.1. The van der Waals surface area contributed by atoms with Crippen molar-refractivity contribution < 1.29 is 5.11 Å². The summed E-state index contributed by atoms with van der Waals surface area (Å²) >= 11 is 8.67. The topological polar surface area (TPSA) is 20.2 Å². The number of hydrogen-bond acceptors (Lipinski definition) is 2. The van der Waals surface area contributed by atoms with Gasteiger partial charge in [-0.15, -0.1) is 11.3 Å². The van der Waals surface area contributed by atoms with Crippen LogP contribution in [0.2, 0.25) is 0 Å². The number of hydrogen-bond donors (Lipinski definition) is 1. The van der Waals surface area contributed by atoms with Gasteiger partial charge in [-0.1, -0.05) is 22.0 Å². The Balaban J connectivity index is 2.55. The van der Waals surface area contributed by atoms with Crippen molar-refractivity contribution in [3.63, 3.8) is 0 Å². The van der Waals surface area contributed by atoms with E-state index in [2.05, 4.69) is 44.0 Å². The highest BCUT2D eigenvalue weighted by Gasteiger charge is 2.09. The molecule has 1 N–H and O–H groups in total. The average molecular weight is 358 g/mol. The molecule has 0 saturated heterocycles. The van der Waals surface area contributed by atoms with Crippen LogP contribution in [0.25, 0.3) is 20.2 Å². The van der Waals surface area contributed by atoms with E-state index in [4.69, 9.17) is 0 Å². The average Bonchev–Trinajstić information content (AvgIpc) is 2.56. The summed E-state index contributed by atoms with van der Waals surface area (Å²) in [4.78, 5) is 0. The third-order valence-corrected chi connectivity index (χ3v) is 5.06. The van der Waals surface area contributed by atoms with Crippen LogP contribution in [0.5, 0.6) is 5.75 Å². The third-order valence-electron chi connectivity index (χ3n) is 2.47. The molecule has 0 atom stereocenters. The van der Waals surface area contributed by atoms with Gasteiger partial charge in [0.05, 0.1) is 0 Å². The van der Waals surface area contributed by atoms with E-state index >= 15 is 0 Å². The minimum Gasteiger partial charge on any atom is -0.508 e. The third kappa shape index (κ3) is 1.56. The van der Waals surface area contributed by atoms with E-state index in [1.54, 1.807) is 17.4 Å². The molecular formula is C12H6Br2OS. The minimum absolute atomic E-state index is 0.294. The Hall–Kier alpha value is -0.580. The number of phenolic OH excluding ortho intramolecular Hbond substituents is 1. The minimum atomic E-state index is 0.294. The second kappa shape index (κ2) is 3.72. The van der Waals surface area contributed by atoms with Crippen molar-refractivity contribution in [2.75, 3.05) is 0 Å². The molecule has 0 aliphatic carbocycles. The molecule has 1 heterocycles. The first-order chi connectivity index (χ1) is 7.65. The molecule has 1 aromatic heterocycles. The van der Waals surface area contributed by atoms with Crippen LogP contribution in [0.1, 0.15) is 0 Å². The fourth-order valence-corrected chi connectivity index (χ4v) is 4.13. The first-order valence-corrected chi connectivity index (χ1v) is 7.06. The van der Waals surface area contributed by atoms with Crippen molar-refractivity contribution in [1.82, 2.24) is 0 Å². The van der Waals surface area contributed by atoms with Crippen LogP contribution in [-0.4, -0.2) is 5.11 Å². The maximum Gasteiger partial charge on any atom is 0.117 e. The summed E-state index contributed by atoms with van der Waals surface area (Å²) in [6.07, 6.45) is 0. The largest absolute Gasteiger partial charge is 0.508 e. The standard InChI is InChI=1S/C12H6Br2OS/c13-6-1-2-8-9-4-7(15)5-10(14)12(9)16-11(8)3-6/h1-5,15H. The van der Waals surface area contributed by atoms with Crippen molar-refractivity contribution in [3.8, 4) is 5.75 Å². The van der Waals surface area contributed by atoms with Gasteiger partial charge in [0.25, 0.3) is 0 Å². The molecule has 0 fully saturated rings. The Morgan fingerprint density at radius 3 is 2.62 bits per heavy atom. The highest BCUT2D eigenvalue weighted by Crippen LogP contribution is 2.40. The molecule has 80 valence electrons. The lowest BCUT2D eigenvalue weighted by molar-refractivity contribution is 0.476. The van der Waals surface area contributed by atoms with Gasteiger partial charge in [-0.2, -0.15) is 0 Å². The summed E-state index contributed by atoms with van der Waals surface area (Å²) in [6, 6.07) is 9.74. The summed E-state index contributed by atoms with van der Waals surface area (Å²) in [6.45, 7) is 0. The van der Waals surface area contributed by atoms with E-state index < -0.39 is 0 Å². The summed E-state index contributed by atoms with van der Waals surface area (Å²) in [7, 11) is 0. The first-order valence-electron chi connectivity index (χ1n) is 4.65. The molecule has 3 aromatic rings. The maximum absolute atomic E-state index is 9.61. The zero-order chi connectivity index (χ0) is 11.3. The fraction of sp³-hybridized carbons (Fsp3) is 0. The first kappa shape index (κ1) is 10.6. The Morgan fingerprint density at radius 1 is 1.00 bits per heavy atom. The monoisotopic (exact) mass is 356 g/mol. The highest BCUT2D eigenvalue weighted by molar-refractivity contribution is 9.11. The van der Waals surface area contributed by atoms with Crippen LogP contribution >= 0.6 is 43.2 Å². The van der Waals surface area contributed by atoms with Crippen LogP contribution in [0.15, 0.2) is 39.3 Å². The van der Waals surface area contributed by atoms with Gasteiger partial charge in [-0.3, -0.25) is 0 Å². The van der Waals surface area contributed by atoms with Gasteiger partial charge in [0.15, 0.2) is 0 Å². The predicted molar refractivity (Wildman–Crippen MR) is 76.4 cm³/mol. The van der Waals surface area contributed by atoms with Gasteiger partial charge in [-0.05, 0) is 40.2 Å². The molecule has 0 radical (unpaired) electrons. The lowest BCUT2D eigenvalue weighted by Crippen LogP contribution is -1.69. The van der Waals surface area contributed by atoms with Gasteiger partial charge < -0.3 is 5.11 Å². The summed E-state index contributed by atoms with van der Waals surface area (Å²) in [5, 5.41) is 11.9. The van der Waals surface area contributed by atoms with Gasteiger partial charge in [0, 0.05) is 29.1 Å². The lowest BCUT2D eigenvalue weighted by Gasteiger charge is -1.96. The molecular weight excluding hydrogens is 352 g/mol. The quantitative estimate of drug-likeness (QED) is 0.579. The van der Waals surface area contributed by atoms with E-state index in [9.17, 15) is 5.11 Å². The van der Waals surface area contributed by atoms with Crippen molar-refractivity contribution >= 4 is 63.4 Å². The van der Waals surface area contributed by atoms with E-state index in [1.807, 2.05) is 12.1 Å². The number of rotatable bonds is 0.